The van der Waals surface area contributed by atoms with Crippen LogP contribution in [0.15, 0.2) is 60.7 Å². The van der Waals surface area contributed by atoms with Gasteiger partial charge in [-0.1, -0.05) is 48.5 Å². The van der Waals surface area contributed by atoms with Crippen molar-refractivity contribution < 1.29 is 34.1 Å². The number of rotatable bonds is 10. The van der Waals surface area contributed by atoms with Crippen molar-refractivity contribution in [1.82, 2.24) is 5.32 Å². The number of hydrogen-bond donors (Lipinski definition) is 2. The first kappa shape index (κ1) is 21.6. The van der Waals surface area contributed by atoms with Crippen LogP contribution in [0.4, 0.5) is 0 Å². The van der Waals surface area contributed by atoms with Crippen molar-refractivity contribution >= 4 is 23.8 Å². The average molecular weight is 398 g/mol. The third kappa shape index (κ3) is 6.76. The van der Waals surface area contributed by atoms with Crippen LogP contribution in [-0.2, 0) is 19.1 Å². The third-order valence-corrected chi connectivity index (χ3v) is 4.15. The Morgan fingerprint density at radius 1 is 0.931 bits per heavy atom. The number of carboxylic acids is 2. The van der Waals surface area contributed by atoms with Gasteiger partial charge in [-0.15, -0.1) is 0 Å². The average Bonchev–Trinajstić information content (AvgIpc) is 2.72. The molecule has 0 spiro atoms. The predicted octanol–water partition coefficient (Wildman–Crippen LogP) is 0.727. The fourth-order valence-electron chi connectivity index (χ4n) is 2.70. The van der Waals surface area contributed by atoms with Gasteiger partial charge in [-0.05, 0) is 17.7 Å². The minimum Gasteiger partial charge on any atom is -0.546 e. The Labute approximate surface area is 167 Å². The standard InChI is InChI=1S/C21H21NO7/c23-17(24)11-12-18(25)29-19(21(27)28)16(14-7-3-1-4-8-14)13-22-20(26)15-9-5-2-6-10-15/h1-10,16,19H,11-13H2,(H,22,26)(H,23,24)(H,27,28)/p-1. The quantitative estimate of drug-likeness (QED) is 0.564. The van der Waals surface area contributed by atoms with Gasteiger partial charge in [0.2, 0.25) is 0 Å². The molecule has 2 atom stereocenters. The summed E-state index contributed by atoms with van der Waals surface area (Å²) < 4.78 is 5.00. The van der Waals surface area contributed by atoms with Gasteiger partial charge >= 0.3 is 11.9 Å². The molecule has 1 amide bonds. The predicted molar refractivity (Wildman–Crippen MR) is 99.7 cm³/mol. The van der Waals surface area contributed by atoms with Crippen LogP contribution in [0.25, 0.3) is 0 Å². The Kier molecular flexibility index (Phi) is 7.90. The number of carbonyl (C=O) groups excluding carboxylic acids is 3. The topological polar surface area (TPSA) is 133 Å². The van der Waals surface area contributed by atoms with E-state index in [1.807, 2.05) is 0 Å². The van der Waals surface area contributed by atoms with Crippen molar-refractivity contribution in [1.29, 1.82) is 0 Å². The van der Waals surface area contributed by atoms with Gasteiger partial charge in [0.05, 0.1) is 18.8 Å². The Balaban J connectivity index is 2.18. The molecule has 0 radical (unpaired) electrons. The molecule has 2 rings (SSSR count). The summed E-state index contributed by atoms with van der Waals surface area (Å²) in [7, 11) is 0. The number of amides is 1. The zero-order valence-corrected chi connectivity index (χ0v) is 15.4. The van der Waals surface area contributed by atoms with Gasteiger partial charge < -0.3 is 25.1 Å². The van der Waals surface area contributed by atoms with Gasteiger partial charge in [0.15, 0.2) is 0 Å². The molecule has 2 aromatic carbocycles. The molecule has 0 aliphatic rings. The van der Waals surface area contributed by atoms with Crippen LogP contribution < -0.4 is 10.4 Å². The second-order valence-electron chi connectivity index (χ2n) is 6.22. The Hall–Kier alpha value is -3.68. The second kappa shape index (κ2) is 10.6. The highest BCUT2D eigenvalue weighted by molar-refractivity contribution is 5.94. The van der Waals surface area contributed by atoms with E-state index in [0.29, 0.717) is 11.1 Å². The van der Waals surface area contributed by atoms with E-state index in [4.69, 9.17) is 9.84 Å². The van der Waals surface area contributed by atoms with Crippen LogP contribution in [0.1, 0.15) is 34.7 Å². The molecule has 0 aliphatic heterocycles. The van der Waals surface area contributed by atoms with E-state index < -0.39 is 48.7 Å². The molecule has 0 fully saturated rings. The third-order valence-electron chi connectivity index (χ3n) is 4.15. The number of nitrogens with one attached hydrogen (secondary N) is 1. The highest BCUT2D eigenvalue weighted by Gasteiger charge is 2.29. The molecule has 152 valence electrons. The van der Waals surface area contributed by atoms with Gasteiger partial charge in [0.25, 0.3) is 5.91 Å². The summed E-state index contributed by atoms with van der Waals surface area (Å²) in [6.07, 6.45) is -2.66. The summed E-state index contributed by atoms with van der Waals surface area (Å²) in [5, 5.41) is 23.0. The Morgan fingerprint density at radius 2 is 1.52 bits per heavy atom. The lowest BCUT2D eigenvalue weighted by molar-refractivity contribution is -0.316. The van der Waals surface area contributed by atoms with Crippen molar-refractivity contribution in [2.24, 2.45) is 0 Å². The second-order valence-corrected chi connectivity index (χ2v) is 6.22. The molecule has 8 heteroatoms. The van der Waals surface area contributed by atoms with Crippen LogP contribution in [0.3, 0.4) is 0 Å². The minimum absolute atomic E-state index is 0.136. The van der Waals surface area contributed by atoms with Gasteiger partial charge in [0.1, 0.15) is 6.10 Å². The molecule has 2 aromatic rings. The monoisotopic (exact) mass is 398 g/mol. The van der Waals surface area contributed by atoms with Gasteiger partial charge in [0, 0.05) is 18.0 Å². The van der Waals surface area contributed by atoms with Crippen molar-refractivity contribution in [2.75, 3.05) is 6.54 Å². The molecule has 0 bridgehead atoms. The Morgan fingerprint density at radius 3 is 2.07 bits per heavy atom. The first-order chi connectivity index (χ1) is 13.9. The summed E-state index contributed by atoms with van der Waals surface area (Å²) in [5.41, 5.74) is 0.906. The van der Waals surface area contributed by atoms with E-state index in [-0.39, 0.29) is 6.54 Å². The SMILES string of the molecule is O=C(O)CCC(=O)OC(C(=O)[O-])C(CNC(=O)c1ccccc1)c1ccccc1. The molecule has 0 aromatic heterocycles. The first-order valence-corrected chi connectivity index (χ1v) is 8.89. The number of benzene rings is 2. The maximum absolute atomic E-state index is 12.3. The lowest BCUT2D eigenvalue weighted by atomic mass is 9.92. The van der Waals surface area contributed by atoms with Crippen molar-refractivity contribution in [2.45, 2.75) is 24.9 Å². The van der Waals surface area contributed by atoms with E-state index in [1.165, 1.54) is 0 Å². The molecular weight excluding hydrogens is 378 g/mol. The molecule has 0 saturated carbocycles. The summed E-state index contributed by atoms with van der Waals surface area (Å²) in [4.78, 5) is 46.5. The molecule has 0 saturated heterocycles. The van der Waals surface area contributed by atoms with Crippen LogP contribution >= 0.6 is 0 Å². The van der Waals surface area contributed by atoms with E-state index in [2.05, 4.69) is 5.32 Å². The van der Waals surface area contributed by atoms with E-state index >= 15 is 0 Å². The molecule has 29 heavy (non-hydrogen) atoms. The first-order valence-electron chi connectivity index (χ1n) is 8.89. The summed E-state index contributed by atoms with van der Waals surface area (Å²) in [5.74, 6) is -5.17. The smallest absolute Gasteiger partial charge is 0.307 e. The number of carbonyl (C=O) groups is 4. The van der Waals surface area contributed by atoms with Crippen LogP contribution in [0, 0.1) is 0 Å². The highest BCUT2D eigenvalue weighted by atomic mass is 16.6. The summed E-state index contributed by atoms with van der Waals surface area (Å²) in [6, 6.07) is 16.7. The van der Waals surface area contributed by atoms with Crippen molar-refractivity contribution in [3.8, 4) is 0 Å². The van der Waals surface area contributed by atoms with Crippen LogP contribution in [0.2, 0.25) is 0 Å². The largest absolute Gasteiger partial charge is 0.546 e. The lowest BCUT2D eigenvalue weighted by Gasteiger charge is -2.28. The lowest BCUT2D eigenvalue weighted by Crippen LogP contribution is -2.46. The molecule has 2 N–H and O–H groups in total. The fourth-order valence-corrected chi connectivity index (χ4v) is 2.70. The van der Waals surface area contributed by atoms with E-state index in [0.717, 1.165) is 0 Å². The molecule has 2 unspecified atom stereocenters. The number of ether oxygens (including phenoxy) is 1. The summed E-state index contributed by atoms with van der Waals surface area (Å²) >= 11 is 0. The normalized spacial score (nSPS) is 12.4. The molecule has 0 aliphatic carbocycles. The van der Waals surface area contributed by atoms with Gasteiger partial charge in [-0.2, -0.15) is 0 Å². The minimum atomic E-state index is -1.70. The zero-order valence-electron chi connectivity index (χ0n) is 15.4. The number of esters is 1. The van der Waals surface area contributed by atoms with Crippen LogP contribution in [0.5, 0.6) is 0 Å². The van der Waals surface area contributed by atoms with Crippen molar-refractivity contribution in [3.05, 3.63) is 71.8 Å². The maximum Gasteiger partial charge on any atom is 0.307 e. The number of hydrogen-bond acceptors (Lipinski definition) is 6. The number of carboxylic acid groups (broad SMARTS) is 2. The van der Waals surface area contributed by atoms with Crippen molar-refractivity contribution in [3.63, 3.8) is 0 Å². The maximum atomic E-state index is 12.3. The van der Waals surface area contributed by atoms with E-state index in [1.54, 1.807) is 60.7 Å². The molecular formula is C21H20NO7-. The highest BCUT2D eigenvalue weighted by Crippen LogP contribution is 2.22. The number of aliphatic carboxylic acids is 2. The molecule has 0 heterocycles. The van der Waals surface area contributed by atoms with Gasteiger partial charge in [-0.3, -0.25) is 14.4 Å². The fraction of sp³-hybridized carbons (Fsp3) is 0.238. The van der Waals surface area contributed by atoms with Gasteiger partial charge in [-0.25, -0.2) is 0 Å². The summed E-state index contributed by atoms with van der Waals surface area (Å²) in [6.45, 7) is -0.136. The van der Waals surface area contributed by atoms with E-state index in [9.17, 15) is 24.3 Å². The Bertz CT molecular complexity index is 852. The molecule has 8 nitrogen and oxygen atoms in total. The zero-order chi connectivity index (χ0) is 21.2. The van der Waals surface area contributed by atoms with Crippen LogP contribution in [-0.4, -0.2) is 41.6 Å².